The highest BCUT2D eigenvalue weighted by molar-refractivity contribution is 7.14. The molecule has 3 heterocycles. The highest BCUT2D eigenvalue weighted by Gasteiger charge is 2.48. The zero-order valence-corrected chi connectivity index (χ0v) is 20.3. The summed E-state index contributed by atoms with van der Waals surface area (Å²) in [7, 11) is 0. The summed E-state index contributed by atoms with van der Waals surface area (Å²) in [6.07, 6.45) is 2.38. The number of fused-ring (bicyclic) bond motifs is 1. The van der Waals surface area contributed by atoms with Gasteiger partial charge in [-0.1, -0.05) is 45.0 Å². The molecule has 3 aromatic rings. The summed E-state index contributed by atoms with van der Waals surface area (Å²) in [5, 5.41) is 13.5. The zero-order valence-electron chi connectivity index (χ0n) is 19.5. The molecule has 2 aliphatic heterocycles. The number of aromatic nitrogens is 1. The molecule has 7 heteroatoms. The molecule has 0 spiro atoms. The first-order valence-corrected chi connectivity index (χ1v) is 12.1. The zero-order chi connectivity index (χ0) is 24.2. The van der Waals surface area contributed by atoms with Gasteiger partial charge in [0.2, 0.25) is 0 Å². The van der Waals surface area contributed by atoms with Crippen LogP contribution in [0.15, 0.2) is 59.6 Å². The van der Waals surface area contributed by atoms with Crippen LogP contribution in [-0.4, -0.2) is 27.9 Å². The van der Waals surface area contributed by atoms with Crippen molar-refractivity contribution in [3.05, 3.63) is 81.9 Å². The number of aliphatic hydroxyl groups is 1. The van der Waals surface area contributed by atoms with Crippen molar-refractivity contribution < 1.29 is 19.4 Å². The smallest absolute Gasteiger partial charge is 0.301 e. The van der Waals surface area contributed by atoms with Gasteiger partial charge in [0.05, 0.1) is 11.6 Å². The summed E-state index contributed by atoms with van der Waals surface area (Å²) in [4.78, 5) is 32.1. The number of amides is 1. The lowest BCUT2D eigenvalue weighted by molar-refractivity contribution is -0.132. The van der Waals surface area contributed by atoms with Crippen molar-refractivity contribution in [1.82, 2.24) is 4.98 Å². The number of carbonyl (C=O) groups is 2. The Morgan fingerprint density at radius 3 is 2.53 bits per heavy atom. The molecule has 0 bridgehead atoms. The first-order chi connectivity index (χ1) is 16.1. The van der Waals surface area contributed by atoms with E-state index in [4.69, 9.17) is 4.74 Å². The lowest BCUT2D eigenvalue weighted by Gasteiger charge is -2.24. The van der Waals surface area contributed by atoms with Gasteiger partial charge >= 0.3 is 5.91 Å². The maximum atomic E-state index is 13.3. The number of rotatable bonds is 3. The fraction of sp³-hybridized carbons (Fsp3) is 0.296. The Hall–Kier alpha value is -3.45. The van der Waals surface area contributed by atoms with Crippen molar-refractivity contribution in [3.63, 3.8) is 0 Å². The van der Waals surface area contributed by atoms with Crippen molar-refractivity contribution in [2.75, 3.05) is 4.90 Å². The van der Waals surface area contributed by atoms with Crippen LogP contribution in [0.1, 0.15) is 56.0 Å². The van der Waals surface area contributed by atoms with Crippen LogP contribution in [0.25, 0.3) is 5.76 Å². The number of hydrogen-bond acceptors (Lipinski definition) is 6. The molecule has 0 radical (unpaired) electrons. The van der Waals surface area contributed by atoms with Gasteiger partial charge in [-0.25, -0.2) is 4.98 Å². The topological polar surface area (TPSA) is 79.7 Å². The first-order valence-electron chi connectivity index (χ1n) is 11.3. The number of ketones is 1. The molecule has 1 fully saturated rings. The molecular formula is C27H26N2O4S. The molecular weight excluding hydrogens is 448 g/mol. The van der Waals surface area contributed by atoms with Crippen LogP contribution in [-0.2, 0) is 21.4 Å². The molecule has 2 atom stereocenters. The van der Waals surface area contributed by atoms with Gasteiger partial charge in [0.15, 0.2) is 5.13 Å². The van der Waals surface area contributed by atoms with Gasteiger partial charge in [0.1, 0.15) is 17.6 Å². The number of Topliss-reactive ketones (excluding diaryl/α,β-unsaturated/α-hetero) is 1. The summed E-state index contributed by atoms with van der Waals surface area (Å²) in [6, 6.07) is 12.4. The Balaban J connectivity index is 1.66. The molecule has 0 saturated carbocycles. The Labute approximate surface area is 202 Å². The number of aliphatic hydroxyl groups excluding tert-OH is 1. The number of benzene rings is 2. The van der Waals surface area contributed by atoms with Crippen LogP contribution >= 0.6 is 11.3 Å². The minimum absolute atomic E-state index is 0.0424. The fourth-order valence-electron chi connectivity index (χ4n) is 4.57. The van der Waals surface area contributed by atoms with Crippen LogP contribution in [0.2, 0.25) is 0 Å². The fourth-order valence-corrected chi connectivity index (χ4v) is 5.24. The predicted octanol–water partition coefficient (Wildman–Crippen LogP) is 5.39. The lowest BCUT2D eigenvalue weighted by atomic mass is 9.85. The monoisotopic (exact) mass is 474 g/mol. The van der Waals surface area contributed by atoms with Crippen LogP contribution in [0, 0.1) is 0 Å². The molecule has 2 aliphatic rings. The van der Waals surface area contributed by atoms with E-state index in [1.54, 1.807) is 23.7 Å². The summed E-state index contributed by atoms with van der Waals surface area (Å²) in [6.45, 7) is 8.37. The Morgan fingerprint density at radius 1 is 1.15 bits per heavy atom. The summed E-state index contributed by atoms with van der Waals surface area (Å²) < 4.78 is 5.77. The number of carbonyl (C=O) groups excluding carboxylic acids is 2. The highest BCUT2D eigenvalue weighted by atomic mass is 32.1. The van der Waals surface area contributed by atoms with E-state index in [0.29, 0.717) is 10.7 Å². The lowest BCUT2D eigenvalue weighted by Crippen LogP contribution is -2.29. The number of ether oxygens (including phenoxy) is 1. The van der Waals surface area contributed by atoms with Crippen LogP contribution in [0.4, 0.5) is 5.13 Å². The van der Waals surface area contributed by atoms with Crippen LogP contribution in [0.5, 0.6) is 5.75 Å². The second-order valence-electron chi connectivity index (χ2n) is 9.81. The van der Waals surface area contributed by atoms with Crippen LogP contribution in [0.3, 0.4) is 0 Å². The van der Waals surface area contributed by atoms with Gasteiger partial charge in [-0.3, -0.25) is 14.5 Å². The number of thiazole rings is 1. The second kappa shape index (κ2) is 8.09. The molecule has 1 N–H and O–H groups in total. The van der Waals surface area contributed by atoms with Crippen molar-refractivity contribution in [1.29, 1.82) is 0 Å². The number of nitrogens with zero attached hydrogens (tertiary/aromatic N) is 2. The summed E-state index contributed by atoms with van der Waals surface area (Å²) in [5.41, 5.74) is 3.36. The first kappa shape index (κ1) is 22.3. The van der Waals surface area contributed by atoms with E-state index in [1.165, 1.54) is 16.2 Å². The predicted molar refractivity (Wildman–Crippen MR) is 132 cm³/mol. The maximum absolute atomic E-state index is 13.3. The largest absolute Gasteiger partial charge is 0.507 e. The molecule has 0 unspecified atom stereocenters. The van der Waals surface area contributed by atoms with E-state index in [9.17, 15) is 14.7 Å². The van der Waals surface area contributed by atoms with Gasteiger partial charge in [-0.15, -0.1) is 11.3 Å². The van der Waals surface area contributed by atoms with E-state index in [1.807, 2.05) is 37.3 Å². The van der Waals surface area contributed by atoms with E-state index in [0.717, 1.165) is 28.9 Å². The highest BCUT2D eigenvalue weighted by Crippen LogP contribution is 2.43. The van der Waals surface area contributed by atoms with Crippen molar-refractivity contribution >= 4 is 33.9 Å². The van der Waals surface area contributed by atoms with E-state index in [-0.39, 0.29) is 22.9 Å². The molecule has 1 saturated heterocycles. The summed E-state index contributed by atoms with van der Waals surface area (Å²) >= 11 is 1.28. The normalized spacial score (nSPS) is 21.6. The second-order valence-corrected chi connectivity index (χ2v) is 10.7. The van der Waals surface area contributed by atoms with Gasteiger partial charge in [0.25, 0.3) is 5.78 Å². The van der Waals surface area contributed by atoms with E-state index >= 15 is 0 Å². The molecule has 174 valence electrons. The molecule has 34 heavy (non-hydrogen) atoms. The van der Waals surface area contributed by atoms with Gasteiger partial charge in [-0.05, 0) is 47.2 Å². The Bertz CT molecular complexity index is 1300. The summed E-state index contributed by atoms with van der Waals surface area (Å²) in [5.74, 6) is -0.825. The number of anilines is 1. The van der Waals surface area contributed by atoms with E-state index in [2.05, 4.69) is 25.8 Å². The van der Waals surface area contributed by atoms with Crippen molar-refractivity contribution in [2.45, 2.75) is 51.7 Å². The minimum Gasteiger partial charge on any atom is -0.507 e. The van der Waals surface area contributed by atoms with E-state index < -0.39 is 17.7 Å². The third kappa shape index (κ3) is 3.70. The molecule has 1 amide bonds. The third-order valence-electron chi connectivity index (χ3n) is 6.33. The number of hydrogen-bond donors (Lipinski definition) is 1. The average molecular weight is 475 g/mol. The minimum atomic E-state index is -0.774. The molecule has 5 rings (SSSR count). The molecule has 2 aromatic carbocycles. The standard InChI is InChI=1S/C27H26N2O4S/c1-15-13-18-14-17(7-10-20(18)33-15)23(30)21-22(16-5-8-19(9-6-16)27(2,3)4)29(25(32)24(21)31)26-28-11-12-34-26/h5-12,14-15,22,30H,13H2,1-4H3/t15-,22+/m0/s1. The van der Waals surface area contributed by atoms with Gasteiger partial charge < -0.3 is 9.84 Å². The van der Waals surface area contributed by atoms with Gasteiger partial charge in [-0.2, -0.15) is 0 Å². The molecule has 1 aromatic heterocycles. The Kier molecular flexibility index (Phi) is 5.32. The van der Waals surface area contributed by atoms with Crippen molar-refractivity contribution in [3.8, 4) is 5.75 Å². The third-order valence-corrected chi connectivity index (χ3v) is 7.10. The Morgan fingerprint density at radius 2 is 1.88 bits per heavy atom. The average Bonchev–Trinajstić information content (AvgIpc) is 3.50. The molecule has 0 aliphatic carbocycles. The van der Waals surface area contributed by atoms with Gasteiger partial charge in [0, 0.05) is 23.6 Å². The molecule has 6 nitrogen and oxygen atoms in total. The quantitative estimate of drug-likeness (QED) is 0.313. The van der Waals surface area contributed by atoms with Crippen LogP contribution < -0.4 is 9.64 Å². The SMILES string of the molecule is C[C@H]1Cc2cc(C(O)=C3C(=O)C(=O)N(c4nccs4)[C@@H]3c3ccc(C(C)(C)C)cc3)ccc2O1. The van der Waals surface area contributed by atoms with Crippen molar-refractivity contribution in [2.24, 2.45) is 0 Å². The maximum Gasteiger partial charge on any atom is 0.301 e.